The van der Waals surface area contributed by atoms with E-state index in [2.05, 4.69) is 44.3 Å². The predicted molar refractivity (Wildman–Crippen MR) is 166 cm³/mol. The van der Waals surface area contributed by atoms with Crippen LogP contribution in [-0.4, -0.2) is 53.6 Å². The Hall–Kier alpha value is -2.91. The molecule has 0 unspecified atom stereocenters. The lowest BCUT2D eigenvalue weighted by Crippen LogP contribution is -2.22. The molecule has 0 atom stereocenters. The molecule has 0 spiro atoms. The Morgan fingerprint density at radius 2 is 1.63 bits per heavy atom. The predicted octanol–water partition coefficient (Wildman–Crippen LogP) is 7.89. The van der Waals surface area contributed by atoms with Gasteiger partial charge in [-0.05, 0) is 18.2 Å². The summed E-state index contributed by atoms with van der Waals surface area (Å²) in [5.41, 5.74) is 0.872. The van der Waals surface area contributed by atoms with Crippen molar-refractivity contribution >= 4 is 44.3 Å². The minimum absolute atomic E-state index is 0.0392. The Kier molecular flexibility index (Phi) is 9.49. The standard InChI is InChI=1S/C28H37ClFN5O4Si2/c1-40(2,3)16-14-38-18-33-13-12-31-28(33)26-22-11-10-20(21-8-7-9-23(25(21)30)35(36)37)24(29)27(22)34(32-26)19-39-15-17-41(4,5)6/h7-13H,14-19H2,1-6H3. The summed E-state index contributed by atoms with van der Waals surface area (Å²) in [6.07, 6.45) is 3.54. The monoisotopic (exact) mass is 617 g/mol. The van der Waals surface area contributed by atoms with Gasteiger partial charge in [-0.1, -0.05) is 69.1 Å². The molecule has 0 saturated carbocycles. The molecule has 41 heavy (non-hydrogen) atoms. The van der Waals surface area contributed by atoms with Crippen molar-refractivity contribution in [3.8, 4) is 22.6 Å². The van der Waals surface area contributed by atoms with Crippen LogP contribution in [0.4, 0.5) is 10.1 Å². The third-order valence-electron chi connectivity index (χ3n) is 6.68. The highest BCUT2D eigenvalue weighted by Gasteiger charge is 2.25. The molecule has 0 aliphatic rings. The molecule has 9 nitrogen and oxygen atoms in total. The molecule has 4 aromatic rings. The molecule has 0 aliphatic heterocycles. The van der Waals surface area contributed by atoms with E-state index in [0.717, 1.165) is 18.2 Å². The topological polar surface area (TPSA) is 97.2 Å². The van der Waals surface area contributed by atoms with Gasteiger partial charge < -0.3 is 14.0 Å². The first kappa shape index (κ1) is 31.0. The summed E-state index contributed by atoms with van der Waals surface area (Å²) in [7, 11) is -2.54. The van der Waals surface area contributed by atoms with E-state index in [0.29, 0.717) is 47.9 Å². The highest BCUT2D eigenvalue weighted by Crippen LogP contribution is 2.40. The van der Waals surface area contributed by atoms with E-state index in [1.165, 1.54) is 12.1 Å². The lowest BCUT2D eigenvalue weighted by Gasteiger charge is -2.16. The van der Waals surface area contributed by atoms with Gasteiger partial charge in [0.2, 0.25) is 5.82 Å². The van der Waals surface area contributed by atoms with Gasteiger partial charge in [0.15, 0.2) is 5.82 Å². The number of rotatable bonds is 13. The Morgan fingerprint density at radius 3 is 2.27 bits per heavy atom. The lowest BCUT2D eigenvalue weighted by molar-refractivity contribution is -0.387. The van der Waals surface area contributed by atoms with E-state index in [1.807, 2.05) is 10.8 Å². The number of nitro groups is 1. The van der Waals surface area contributed by atoms with Gasteiger partial charge in [-0.2, -0.15) is 9.49 Å². The molecule has 0 saturated heterocycles. The van der Waals surface area contributed by atoms with Crippen LogP contribution in [0.15, 0.2) is 42.7 Å². The minimum atomic E-state index is -1.31. The molecular formula is C28H37ClFN5O4Si2. The summed E-state index contributed by atoms with van der Waals surface area (Å²) in [6.45, 7) is 15.4. The first-order valence-electron chi connectivity index (χ1n) is 13.6. The van der Waals surface area contributed by atoms with Crippen LogP contribution in [0, 0.1) is 15.9 Å². The van der Waals surface area contributed by atoms with Gasteiger partial charge in [-0.15, -0.1) is 0 Å². The van der Waals surface area contributed by atoms with Crippen molar-refractivity contribution in [3.05, 3.63) is 63.7 Å². The second-order valence-electron chi connectivity index (χ2n) is 12.5. The van der Waals surface area contributed by atoms with Crippen molar-refractivity contribution in [2.24, 2.45) is 0 Å². The van der Waals surface area contributed by atoms with Gasteiger partial charge >= 0.3 is 5.69 Å². The zero-order valence-electron chi connectivity index (χ0n) is 24.4. The highest BCUT2D eigenvalue weighted by molar-refractivity contribution is 6.76. The summed E-state index contributed by atoms with van der Waals surface area (Å²) < 4.78 is 30.7. The normalized spacial score (nSPS) is 12.4. The van der Waals surface area contributed by atoms with Crippen LogP contribution in [0.3, 0.4) is 0 Å². The smallest absolute Gasteiger partial charge is 0.305 e. The maximum atomic E-state index is 15.2. The molecule has 4 rings (SSSR count). The molecule has 2 aromatic heterocycles. The van der Waals surface area contributed by atoms with Gasteiger partial charge in [-0.25, -0.2) is 9.67 Å². The zero-order chi connectivity index (χ0) is 29.9. The van der Waals surface area contributed by atoms with Crippen LogP contribution in [-0.2, 0) is 22.9 Å². The van der Waals surface area contributed by atoms with E-state index in [1.54, 1.807) is 23.0 Å². The number of hydrogen-bond acceptors (Lipinski definition) is 6. The lowest BCUT2D eigenvalue weighted by atomic mass is 10.0. The van der Waals surface area contributed by atoms with Gasteiger partial charge in [0.05, 0.1) is 15.5 Å². The molecule has 0 amide bonds. The Bertz CT molecular complexity index is 1540. The number of nitro benzene ring substituents is 1. The van der Waals surface area contributed by atoms with Crippen LogP contribution < -0.4 is 0 Å². The van der Waals surface area contributed by atoms with Gasteiger partial charge in [0.25, 0.3) is 0 Å². The van der Waals surface area contributed by atoms with Crippen LogP contribution in [0.2, 0.25) is 56.4 Å². The van der Waals surface area contributed by atoms with Crippen molar-refractivity contribution in [3.63, 3.8) is 0 Å². The fourth-order valence-corrected chi connectivity index (χ4v) is 6.15. The van der Waals surface area contributed by atoms with Gasteiger partial charge in [-0.3, -0.25) is 10.1 Å². The number of aromatic nitrogens is 4. The van der Waals surface area contributed by atoms with Gasteiger partial charge in [0.1, 0.15) is 19.2 Å². The molecule has 0 fully saturated rings. The van der Waals surface area contributed by atoms with Crippen LogP contribution >= 0.6 is 11.6 Å². The summed E-state index contributed by atoms with van der Waals surface area (Å²) in [5.74, 6) is -0.336. The van der Waals surface area contributed by atoms with E-state index >= 15 is 4.39 Å². The van der Waals surface area contributed by atoms with Crippen molar-refractivity contribution in [1.29, 1.82) is 0 Å². The number of hydrogen-bond donors (Lipinski definition) is 0. The van der Waals surface area contributed by atoms with Crippen molar-refractivity contribution in [1.82, 2.24) is 19.3 Å². The minimum Gasteiger partial charge on any atom is -0.361 e. The largest absolute Gasteiger partial charge is 0.361 e. The molecule has 2 heterocycles. The van der Waals surface area contributed by atoms with Crippen LogP contribution in [0.1, 0.15) is 0 Å². The quantitative estimate of drug-likeness (QED) is 0.0655. The van der Waals surface area contributed by atoms with Gasteiger partial charge in [0, 0.05) is 64.3 Å². The molecule has 2 aromatic carbocycles. The molecule has 0 N–H and O–H groups in total. The van der Waals surface area contributed by atoms with Crippen LogP contribution in [0.5, 0.6) is 0 Å². The fraction of sp³-hybridized carbons (Fsp3) is 0.429. The average molecular weight is 618 g/mol. The summed E-state index contributed by atoms with van der Waals surface area (Å²) in [5, 5.41) is 17.1. The van der Waals surface area contributed by atoms with E-state index in [4.69, 9.17) is 26.2 Å². The summed E-state index contributed by atoms with van der Waals surface area (Å²) in [4.78, 5) is 15.2. The highest BCUT2D eigenvalue weighted by atomic mass is 35.5. The number of halogens is 2. The van der Waals surface area contributed by atoms with Crippen molar-refractivity contribution in [2.45, 2.75) is 64.8 Å². The number of imidazole rings is 1. The number of benzene rings is 2. The van der Waals surface area contributed by atoms with E-state index < -0.39 is 32.6 Å². The Morgan fingerprint density at radius 1 is 0.976 bits per heavy atom. The maximum Gasteiger partial charge on any atom is 0.305 e. The zero-order valence-corrected chi connectivity index (χ0v) is 27.2. The molecule has 0 bridgehead atoms. The van der Waals surface area contributed by atoms with E-state index in [9.17, 15) is 10.1 Å². The second-order valence-corrected chi connectivity index (χ2v) is 24.1. The Balaban J connectivity index is 1.76. The average Bonchev–Trinajstić information content (AvgIpc) is 3.48. The first-order valence-corrected chi connectivity index (χ1v) is 21.4. The van der Waals surface area contributed by atoms with Crippen molar-refractivity contribution in [2.75, 3.05) is 13.2 Å². The first-order chi connectivity index (χ1) is 19.3. The molecule has 220 valence electrons. The number of ether oxygens (including phenoxy) is 2. The molecule has 0 radical (unpaired) electrons. The second kappa shape index (κ2) is 12.5. The fourth-order valence-electron chi connectivity index (χ4n) is 4.27. The SMILES string of the molecule is C[Si](C)(C)CCOCn1ccnc1-c1nn(COCC[Si](C)(C)C)c2c(Cl)c(-c3cccc([N+](=O)[O-])c3F)ccc12. The van der Waals surface area contributed by atoms with E-state index in [-0.39, 0.29) is 17.3 Å². The number of fused-ring (bicyclic) bond motifs is 1. The molecule has 13 heteroatoms. The van der Waals surface area contributed by atoms with Crippen molar-refractivity contribution < 1.29 is 18.8 Å². The third kappa shape index (κ3) is 7.49. The Labute approximate surface area is 246 Å². The van der Waals surface area contributed by atoms with Crippen LogP contribution in [0.25, 0.3) is 33.5 Å². The maximum absolute atomic E-state index is 15.2. The molecule has 0 aliphatic carbocycles. The molecular weight excluding hydrogens is 581 g/mol. The summed E-state index contributed by atoms with van der Waals surface area (Å²) in [6, 6.07) is 9.54. The third-order valence-corrected chi connectivity index (χ3v) is 10.5. The summed E-state index contributed by atoms with van der Waals surface area (Å²) >= 11 is 6.94. The number of nitrogens with zero attached hydrogens (tertiary/aromatic N) is 5.